The molecule has 1 aliphatic heterocycles. The van der Waals surface area contributed by atoms with E-state index in [9.17, 15) is 0 Å². The Bertz CT molecular complexity index is 2880. The van der Waals surface area contributed by atoms with Crippen LogP contribution in [0.4, 0.5) is 28.4 Å². The molecule has 0 saturated carbocycles. The first-order chi connectivity index (χ1) is 28.3. The molecule has 57 heavy (non-hydrogen) atoms. The third kappa shape index (κ3) is 5.87. The zero-order valence-corrected chi connectivity index (χ0v) is 32.1. The first-order valence-electron chi connectivity index (χ1n) is 19.7. The minimum Gasteiger partial charge on any atom is -0.333 e. The number of anilines is 5. The molecule has 0 fully saturated rings. The Hall–Kier alpha value is -6.94. The molecule has 8 aromatic carbocycles. The third-order valence-electron chi connectivity index (χ3n) is 11.6. The second-order valence-electron chi connectivity index (χ2n) is 14.9. The Balaban J connectivity index is 0.971. The molecule has 0 N–H and O–H groups in total. The van der Waals surface area contributed by atoms with Gasteiger partial charge in [0.1, 0.15) is 0 Å². The molecule has 2 nitrogen and oxygen atoms in total. The standard InChI is InChI=1S/C54H38N2S/c1-5-13-37(14-6-1)39-21-27-45(28-22-39)55(43-17-9-3-10-18-43)46-29-23-40(24-30-46)41-25-32-50-48(35-41)47-31-34-52-53(54(47)56(50)44-19-11-4-12-20-44)49-36-42(26-33-51(49)57-52)38-15-7-2-8-16-38/h1-36,47,54H. The second-order valence-corrected chi connectivity index (χ2v) is 16.0. The van der Waals surface area contributed by atoms with Crippen LogP contribution in [0.1, 0.15) is 28.0 Å². The average Bonchev–Trinajstić information content (AvgIpc) is 3.83. The van der Waals surface area contributed by atoms with Gasteiger partial charge in [-0.2, -0.15) is 0 Å². The Kier molecular flexibility index (Phi) is 8.19. The largest absolute Gasteiger partial charge is 0.333 e. The van der Waals surface area contributed by atoms with E-state index < -0.39 is 0 Å². The van der Waals surface area contributed by atoms with E-state index in [1.54, 1.807) is 0 Å². The maximum absolute atomic E-state index is 2.59. The fraction of sp³-hybridized carbons (Fsp3) is 0.0370. The minimum absolute atomic E-state index is 0.160. The van der Waals surface area contributed by atoms with Gasteiger partial charge in [-0.25, -0.2) is 0 Å². The lowest BCUT2D eigenvalue weighted by Crippen LogP contribution is -2.23. The number of para-hydroxylation sites is 2. The van der Waals surface area contributed by atoms with E-state index in [2.05, 4.69) is 228 Å². The monoisotopic (exact) mass is 746 g/mol. The number of rotatable bonds is 7. The van der Waals surface area contributed by atoms with Gasteiger partial charge in [-0.05, 0) is 123 Å². The van der Waals surface area contributed by atoms with Crippen molar-refractivity contribution >= 4 is 55.9 Å². The SMILES string of the molecule is C1=CC2c3cc(-c4ccc(N(c5ccccc5)c5ccc(-c6ccccc6)cc5)cc4)ccc3N(c3ccccc3)C2c2c1sc1ccc(-c3ccccc3)cc21. The molecule has 2 atom stereocenters. The van der Waals surface area contributed by atoms with E-state index in [0.717, 1.165) is 17.1 Å². The van der Waals surface area contributed by atoms with Gasteiger partial charge in [0.15, 0.2) is 0 Å². The summed E-state index contributed by atoms with van der Waals surface area (Å²) >= 11 is 1.91. The molecule has 1 aliphatic carbocycles. The fourth-order valence-electron chi connectivity index (χ4n) is 8.93. The van der Waals surface area contributed by atoms with Gasteiger partial charge in [0, 0.05) is 49.5 Å². The van der Waals surface area contributed by atoms with Crippen LogP contribution in [-0.2, 0) is 0 Å². The van der Waals surface area contributed by atoms with Crippen LogP contribution in [0.25, 0.3) is 49.5 Å². The van der Waals surface area contributed by atoms with E-state index >= 15 is 0 Å². The summed E-state index contributed by atoms with van der Waals surface area (Å²) in [6.07, 6.45) is 4.84. The summed E-state index contributed by atoms with van der Waals surface area (Å²) in [6.45, 7) is 0. The molecule has 2 unspecified atom stereocenters. The van der Waals surface area contributed by atoms with Crippen molar-refractivity contribution in [1.82, 2.24) is 0 Å². The van der Waals surface area contributed by atoms with Gasteiger partial charge in [0.2, 0.25) is 0 Å². The quantitative estimate of drug-likeness (QED) is 0.160. The predicted molar refractivity (Wildman–Crippen MR) is 242 cm³/mol. The number of thiophene rings is 1. The summed E-state index contributed by atoms with van der Waals surface area (Å²) in [5.41, 5.74) is 16.1. The van der Waals surface area contributed by atoms with Crippen molar-refractivity contribution < 1.29 is 0 Å². The Morgan fingerprint density at radius 2 is 0.930 bits per heavy atom. The van der Waals surface area contributed by atoms with Crippen molar-refractivity contribution in [2.45, 2.75) is 12.0 Å². The highest BCUT2D eigenvalue weighted by atomic mass is 32.1. The number of hydrogen-bond acceptors (Lipinski definition) is 3. The zero-order valence-electron chi connectivity index (χ0n) is 31.2. The van der Waals surface area contributed by atoms with Gasteiger partial charge in [0.25, 0.3) is 0 Å². The highest BCUT2D eigenvalue weighted by Crippen LogP contribution is 2.59. The van der Waals surface area contributed by atoms with E-state index in [4.69, 9.17) is 0 Å². The maximum atomic E-state index is 2.59. The molecule has 0 spiro atoms. The molecule has 0 bridgehead atoms. The summed E-state index contributed by atoms with van der Waals surface area (Å²) < 4.78 is 1.34. The van der Waals surface area contributed by atoms with Crippen LogP contribution in [0.3, 0.4) is 0 Å². The molecular formula is C54H38N2S. The molecule has 2 aliphatic rings. The molecule has 0 radical (unpaired) electrons. The first-order valence-corrected chi connectivity index (χ1v) is 20.5. The van der Waals surface area contributed by atoms with Crippen molar-refractivity contribution in [3.63, 3.8) is 0 Å². The van der Waals surface area contributed by atoms with Crippen LogP contribution < -0.4 is 9.80 Å². The van der Waals surface area contributed by atoms with Crippen molar-refractivity contribution in [1.29, 1.82) is 0 Å². The van der Waals surface area contributed by atoms with Crippen LogP contribution in [0, 0.1) is 0 Å². The van der Waals surface area contributed by atoms with Gasteiger partial charge in [-0.1, -0.05) is 140 Å². The normalized spacial score (nSPS) is 15.3. The highest BCUT2D eigenvalue weighted by Gasteiger charge is 2.43. The highest BCUT2D eigenvalue weighted by molar-refractivity contribution is 7.20. The average molecular weight is 747 g/mol. The minimum atomic E-state index is 0.160. The van der Waals surface area contributed by atoms with Gasteiger partial charge in [-0.3, -0.25) is 0 Å². The predicted octanol–water partition coefficient (Wildman–Crippen LogP) is 15.4. The first kappa shape index (κ1) is 33.4. The molecule has 270 valence electrons. The summed E-state index contributed by atoms with van der Waals surface area (Å²) in [5, 5.41) is 1.36. The smallest absolute Gasteiger partial charge is 0.0715 e. The van der Waals surface area contributed by atoms with Crippen molar-refractivity contribution in [2.24, 2.45) is 0 Å². The molecular weight excluding hydrogens is 709 g/mol. The number of hydrogen-bond donors (Lipinski definition) is 0. The molecule has 1 aromatic heterocycles. The van der Waals surface area contributed by atoms with Gasteiger partial charge >= 0.3 is 0 Å². The molecule has 2 heterocycles. The molecule has 0 amide bonds. The molecule has 3 heteroatoms. The van der Waals surface area contributed by atoms with Crippen LogP contribution in [-0.4, -0.2) is 0 Å². The fourth-order valence-corrected chi connectivity index (χ4v) is 10.1. The van der Waals surface area contributed by atoms with Crippen LogP contribution in [0.15, 0.2) is 212 Å². The molecule has 0 saturated heterocycles. The topological polar surface area (TPSA) is 6.48 Å². The number of nitrogens with zero attached hydrogens (tertiary/aromatic N) is 2. The summed E-state index contributed by atoms with van der Waals surface area (Å²) in [4.78, 5) is 6.29. The van der Waals surface area contributed by atoms with Crippen molar-refractivity contribution in [2.75, 3.05) is 9.80 Å². The summed E-state index contributed by atoms with van der Waals surface area (Å²) in [6, 6.07) is 75.2. The maximum Gasteiger partial charge on any atom is 0.0715 e. The van der Waals surface area contributed by atoms with Gasteiger partial charge in [0.05, 0.1) is 6.04 Å². The molecule has 9 aromatic rings. The Labute approximate surface area is 337 Å². The van der Waals surface area contributed by atoms with Crippen LogP contribution >= 0.6 is 11.3 Å². The van der Waals surface area contributed by atoms with E-state index in [-0.39, 0.29) is 12.0 Å². The lowest BCUT2D eigenvalue weighted by atomic mass is 9.83. The van der Waals surface area contributed by atoms with Gasteiger partial charge < -0.3 is 9.80 Å². The second kappa shape index (κ2) is 14.0. The zero-order chi connectivity index (χ0) is 37.7. The van der Waals surface area contributed by atoms with E-state index in [0.29, 0.717) is 0 Å². The lowest BCUT2D eigenvalue weighted by molar-refractivity contribution is 0.675. The van der Waals surface area contributed by atoms with E-state index in [1.165, 1.54) is 70.8 Å². The number of fused-ring (bicyclic) bond motifs is 7. The van der Waals surface area contributed by atoms with Crippen molar-refractivity contribution in [3.8, 4) is 33.4 Å². The van der Waals surface area contributed by atoms with Crippen molar-refractivity contribution in [3.05, 3.63) is 228 Å². The third-order valence-corrected chi connectivity index (χ3v) is 12.8. The summed E-state index contributed by atoms with van der Waals surface area (Å²) in [5.74, 6) is 0.220. The lowest BCUT2D eigenvalue weighted by Gasteiger charge is -2.32. The Morgan fingerprint density at radius 1 is 0.439 bits per heavy atom. The van der Waals surface area contributed by atoms with Crippen LogP contribution in [0.5, 0.6) is 0 Å². The Morgan fingerprint density at radius 3 is 1.58 bits per heavy atom. The summed E-state index contributed by atoms with van der Waals surface area (Å²) in [7, 11) is 0. The van der Waals surface area contributed by atoms with Gasteiger partial charge in [-0.15, -0.1) is 11.3 Å². The van der Waals surface area contributed by atoms with Crippen LogP contribution in [0.2, 0.25) is 0 Å². The molecule has 11 rings (SSSR count). The number of benzene rings is 8. The van der Waals surface area contributed by atoms with E-state index in [1.807, 2.05) is 11.3 Å².